The highest BCUT2D eigenvalue weighted by Crippen LogP contribution is 2.53. The molecule has 0 aliphatic heterocycles. The van der Waals surface area contributed by atoms with Crippen molar-refractivity contribution in [1.29, 1.82) is 0 Å². The van der Waals surface area contributed by atoms with Crippen molar-refractivity contribution in [3.63, 3.8) is 0 Å². The summed E-state index contributed by atoms with van der Waals surface area (Å²) < 4.78 is 5.87. The molecule has 3 fully saturated rings. The summed E-state index contributed by atoms with van der Waals surface area (Å²) >= 11 is 0. The lowest BCUT2D eigenvalue weighted by atomic mass is 9.56. The molecule has 0 spiro atoms. The predicted octanol–water partition coefficient (Wildman–Crippen LogP) is 6.91. The zero-order valence-electron chi connectivity index (χ0n) is 17.4. The SMILES string of the molecule is CCCCCCC(=O)O[C@H]1CCC2C(CCC3C[C@@H](CCC)CCC32)C1. The van der Waals surface area contributed by atoms with Crippen molar-refractivity contribution < 1.29 is 9.53 Å². The second kappa shape index (κ2) is 10.1. The fourth-order valence-corrected chi connectivity index (χ4v) is 6.57. The van der Waals surface area contributed by atoms with E-state index in [2.05, 4.69) is 13.8 Å². The Kier molecular flexibility index (Phi) is 7.88. The molecule has 26 heavy (non-hydrogen) atoms. The van der Waals surface area contributed by atoms with Crippen LogP contribution in [0, 0.1) is 29.6 Å². The van der Waals surface area contributed by atoms with Crippen LogP contribution in [0.2, 0.25) is 0 Å². The third kappa shape index (κ3) is 5.26. The van der Waals surface area contributed by atoms with Crippen molar-refractivity contribution >= 4 is 5.97 Å². The number of hydrogen-bond donors (Lipinski definition) is 0. The fourth-order valence-electron chi connectivity index (χ4n) is 6.57. The summed E-state index contributed by atoms with van der Waals surface area (Å²) in [6.45, 7) is 4.55. The van der Waals surface area contributed by atoms with Crippen LogP contribution in [0.25, 0.3) is 0 Å². The highest BCUT2D eigenvalue weighted by Gasteiger charge is 2.44. The van der Waals surface area contributed by atoms with E-state index in [1.807, 2.05) is 0 Å². The van der Waals surface area contributed by atoms with Crippen LogP contribution in [0.1, 0.15) is 110 Å². The standard InChI is InChI=1S/C24H42O2/c1-3-5-6-7-9-24(25)26-21-13-15-23-20(17-21)12-11-19-16-18(8-4-2)10-14-22(19)23/h18-23H,3-17H2,1-2H3/t18-,19?,20?,21-,22?,23?/m0/s1. The van der Waals surface area contributed by atoms with Crippen LogP contribution in [0.3, 0.4) is 0 Å². The zero-order chi connectivity index (χ0) is 18.4. The summed E-state index contributed by atoms with van der Waals surface area (Å²) in [5, 5.41) is 0. The number of rotatable bonds is 8. The second-order valence-corrected chi connectivity index (χ2v) is 9.63. The molecule has 0 radical (unpaired) electrons. The van der Waals surface area contributed by atoms with Gasteiger partial charge in [0.2, 0.25) is 0 Å². The first kappa shape index (κ1) is 20.2. The fraction of sp³-hybridized carbons (Fsp3) is 0.958. The lowest BCUT2D eigenvalue weighted by molar-refractivity contribution is -0.153. The van der Waals surface area contributed by atoms with Gasteiger partial charge >= 0.3 is 5.97 Å². The van der Waals surface area contributed by atoms with Crippen molar-refractivity contribution in [2.75, 3.05) is 0 Å². The lowest BCUT2D eigenvalue weighted by Crippen LogP contribution is -2.43. The molecule has 0 amide bonds. The second-order valence-electron chi connectivity index (χ2n) is 9.63. The Morgan fingerprint density at radius 3 is 2.27 bits per heavy atom. The molecule has 0 aromatic carbocycles. The number of fused-ring (bicyclic) bond motifs is 3. The molecule has 2 heteroatoms. The number of esters is 1. The first-order valence-corrected chi connectivity index (χ1v) is 11.9. The number of unbranched alkanes of at least 4 members (excludes halogenated alkanes) is 3. The Labute approximate surface area is 161 Å². The van der Waals surface area contributed by atoms with Gasteiger partial charge in [0.1, 0.15) is 6.10 Å². The van der Waals surface area contributed by atoms with Crippen LogP contribution in [0.15, 0.2) is 0 Å². The van der Waals surface area contributed by atoms with Gasteiger partial charge in [-0.25, -0.2) is 0 Å². The van der Waals surface area contributed by atoms with Gasteiger partial charge in [0.05, 0.1) is 0 Å². The van der Waals surface area contributed by atoms with Crippen molar-refractivity contribution in [3.8, 4) is 0 Å². The van der Waals surface area contributed by atoms with E-state index in [-0.39, 0.29) is 12.1 Å². The quantitative estimate of drug-likeness (QED) is 0.346. The van der Waals surface area contributed by atoms with E-state index in [0.29, 0.717) is 6.42 Å². The van der Waals surface area contributed by atoms with E-state index in [0.717, 1.165) is 48.9 Å². The average molecular weight is 363 g/mol. The van der Waals surface area contributed by atoms with Gasteiger partial charge in [-0.15, -0.1) is 0 Å². The monoisotopic (exact) mass is 362 g/mol. The van der Waals surface area contributed by atoms with E-state index in [1.165, 1.54) is 70.6 Å². The number of ether oxygens (including phenoxy) is 1. The summed E-state index contributed by atoms with van der Waals surface area (Å²) in [6.07, 6.45) is 19.2. The number of carbonyl (C=O) groups is 1. The summed E-state index contributed by atoms with van der Waals surface area (Å²) in [7, 11) is 0. The minimum absolute atomic E-state index is 0.0679. The maximum Gasteiger partial charge on any atom is 0.306 e. The highest BCUT2D eigenvalue weighted by molar-refractivity contribution is 5.69. The molecule has 3 aliphatic carbocycles. The Bertz CT molecular complexity index is 432. The molecule has 0 heterocycles. The molecule has 0 bridgehead atoms. The van der Waals surface area contributed by atoms with Gasteiger partial charge in [-0.1, -0.05) is 52.4 Å². The summed E-state index contributed by atoms with van der Waals surface area (Å²) in [5.74, 6) is 4.87. The smallest absolute Gasteiger partial charge is 0.306 e. The van der Waals surface area contributed by atoms with Crippen LogP contribution >= 0.6 is 0 Å². The van der Waals surface area contributed by atoms with Crippen LogP contribution in [-0.4, -0.2) is 12.1 Å². The molecular formula is C24H42O2. The van der Waals surface area contributed by atoms with Gasteiger partial charge in [-0.2, -0.15) is 0 Å². The van der Waals surface area contributed by atoms with Crippen LogP contribution in [-0.2, 0) is 9.53 Å². The van der Waals surface area contributed by atoms with Crippen molar-refractivity contribution in [1.82, 2.24) is 0 Å². The third-order valence-electron chi connectivity index (χ3n) is 7.83. The van der Waals surface area contributed by atoms with Gasteiger partial charge in [-0.05, 0) is 81.0 Å². The molecule has 3 rings (SSSR count). The molecule has 0 N–H and O–H groups in total. The molecule has 0 aromatic rings. The Hall–Kier alpha value is -0.530. The molecule has 3 saturated carbocycles. The molecule has 6 atom stereocenters. The van der Waals surface area contributed by atoms with Gasteiger partial charge in [0.25, 0.3) is 0 Å². The van der Waals surface area contributed by atoms with Crippen molar-refractivity contribution in [2.24, 2.45) is 29.6 Å². The maximum atomic E-state index is 12.1. The minimum atomic E-state index is 0.0679. The van der Waals surface area contributed by atoms with Gasteiger partial charge in [0.15, 0.2) is 0 Å². The lowest BCUT2D eigenvalue weighted by Gasteiger charge is -2.50. The Morgan fingerprint density at radius 2 is 1.54 bits per heavy atom. The molecule has 3 aliphatic rings. The number of hydrogen-bond acceptors (Lipinski definition) is 2. The van der Waals surface area contributed by atoms with Crippen LogP contribution in [0.5, 0.6) is 0 Å². The van der Waals surface area contributed by atoms with E-state index in [1.54, 1.807) is 0 Å². The van der Waals surface area contributed by atoms with Crippen molar-refractivity contribution in [2.45, 2.75) is 116 Å². The van der Waals surface area contributed by atoms with Gasteiger partial charge in [0, 0.05) is 6.42 Å². The molecule has 4 unspecified atom stereocenters. The van der Waals surface area contributed by atoms with Crippen molar-refractivity contribution in [3.05, 3.63) is 0 Å². The van der Waals surface area contributed by atoms with Gasteiger partial charge < -0.3 is 4.74 Å². The summed E-state index contributed by atoms with van der Waals surface area (Å²) in [6, 6.07) is 0. The Morgan fingerprint density at radius 1 is 0.808 bits per heavy atom. The topological polar surface area (TPSA) is 26.3 Å². The first-order chi connectivity index (χ1) is 12.7. The summed E-state index contributed by atoms with van der Waals surface area (Å²) in [4.78, 5) is 12.1. The molecule has 2 nitrogen and oxygen atoms in total. The minimum Gasteiger partial charge on any atom is -0.462 e. The van der Waals surface area contributed by atoms with Crippen LogP contribution in [0.4, 0.5) is 0 Å². The molecule has 150 valence electrons. The maximum absolute atomic E-state index is 12.1. The first-order valence-electron chi connectivity index (χ1n) is 11.9. The Balaban J connectivity index is 1.42. The average Bonchev–Trinajstić information content (AvgIpc) is 2.65. The predicted molar refractivity (Wildman–Crippen MR) is 108 cm³/mol. The van der Waals surface area contributed by atoms with E-state index < -0.39 is 0 Å². The van der Waals surface area contributed by atoms with E-state index >= 15 is 0 Å². The molecule has 0 aromatic heterocycles. The van der Waals surface area contributed by atoms with E-state index in [9.17, 15) is 4.79 Å². The van der Waals surface area contributed by atoms with Crippen LogP contribution < -0.4 is 0 Å². The largest absolute Gasteiger partial charge is 0.462 e. The number of carbonyl (C=O) groups excluding carboxylic acids is 1. The summed E-state index contributed by atoms with van der Waals surface area (Å²) in [5.41, 5.74) is 0. The third-order valence-corrected chi connectivity index (χ3v) is 7.83. The highest BCUT2D eigenvalue weighted by atomic mass is 16.5. The normalized spacial score (nSPS) is 36.8. The molecule has 0 saturated heterocycles. The van der Waals surface area contributed by atoms with E-state index in [4.69, 9.17) is 4.74 Å². The molecular weight excluding hydrogens is 320 g/mol. The van der Waals surface area contributed by atoms with Gasteiger partial charge in [-0.3, -0.25) is 4.79 Å². The zero-order valence-corrected chi connectivity index (χ0v) is 17.4.